The van der Waals surface area contributed by atoms with Crippen LogP contribution in [-0.2, 0) is 4.79 Å². The summed E-state index contributed by atoms with van der Waals surface area (Å²) in [6, 6.07) is 4.61. The average molecular weight is 252 g/mol. The van der Waals surface area contributed by atoms with Gasteiger partial charge in [-0.05, 0) is 24.6 Å². The predicted octanol–water partition coefficient (Wildman–Crippen LogP) is 0.945. The maximum atomic E-state index is 13.4. The van der Waals surface area contributed by atoms with Crippen molar-refractivity contribution in [1.29, 1.82) is 0 Å². The molecule has 1 aromatic carbocycles. The second kappa shape index (κ2) is 5.82. The fourth-order valence-corrected chi connectivity index (χ4v) is 1.87. The van der Waals surface area contributed by atoms with Crippen molar-refractivity contribution >= 4 is 5.91 Å². The molecule has 1 aliphatic rings. The molecule has 1 heterocycles. The Morgan fingerprint density at radius 1 is 1.44 bits per heavy atom. The number of benzene rings is 1. The van der Waals surface area contributed by atoms with E-state index in [-0.39, 0.29) is 18.3 Å². The zero-order chi connectivity index (χ0) is 13.0. The normalized spacial score (nSPS) is 15.6. The first-order valence-electron chi connectivity index (χ1n) is 6.04. The molecule has 18 heavy (non-hydrogen) atoms. The van der Waals surface area contributed by atoms with E-state index in [9.17, 15) is 9.18 Å². The zero-order valence-electron chi connectivity index (χ0n) is 10.4. The van der Waals surface area contributed by atoms with Crippen LogP contribution < -0.4 is 10.1 Å². The number of piperazine rings is 1. The molecule has 0 radical (unpaired) electrons. The summed E-state index contributed by atoms with van der Waals surface area (Å²) < 4.78 is 18.6. The topological polar surface area (TPSA) is 41.6 Å². The zero-order valence-corrected chi connectivity index (χ0v) is 10.4. The standard InChI is InChI=1S/C13H17FN2O2/c1-10-2-3-11(14)12(8-10)18-9-13(17)16-6-4-15-5-7-16/h2-3,8,15H,4-7,9H2,1H3. The van der Waals surface area contributed by atoms with E-state index < -0.39 is 5.82 Å². The molecule has 1 saturated heterocycles. The van der Waals surface area contributed by atoms with Gasteiger partial charge in [0.05, 0.1) is 0 Å². The van der Waals surface area contributed by atoms with Crippen LogP contribution in [0.2, 0.25) is 0 Å². The number of rotatable bonds is 3. The SMILES string of the molecule is Cc1ccc(F)c(OCC(=O)N2CCNCC2)c1. The molecular formula is C13H17FN2O2. The Kier molecular flexibility index (Phi) is 4.15. The minimum Gasteiger partial charge on any atom is -0.481 e. The van der Waals surface area contributed by atoms with Crippen LogP contribution in [0, 0.1) is 12.7 Å². The van der Waals surface area contributed by atoms with Gasteiger partial charge < -0.3 is 15.0 Å². The van der Waals surface area contributed by atoms with Gasteiger partial charge in [-0.25, -0.2) is 4.39 Å². The molecular weight excluding hydrogens is 235 g/mol. The number of halogens is 1. The molecule has 0 aliphatic carbocycles. The van der Waals surface area contributed by atoms with E-state index in [2.05, 4.69) is 5.32 Å². The highest BCUT2D eigenvalue weighted by atomic mass is 19.1. The molecule has 0 atom stereocenters. The van der Waals surface area contributed by atoms with Crippen molar-refractivity contribution in [3.63, 3.8) is 0 Å². The Hall–Kier alpha value is -1.62. The van der Waals surface area contributed by atoms with E-state index >= 15 is 0 Å². The van der Waals surface area contributed by atoms with Crippen LogP contribution in [0.4, 0.5) is 4.39 Å². The molecule has 2 rings (SSSR count). The first-order chi connectivity index (χ1) is 8.66. The second-order valence-electron chi connectivity index (χ2n) is 4.35. The van der Waals surface area contributed by atoms with Gasteiger partial charge in [0, 0.05) is 26.2 Å². The molecule has 0 saturated carbocycles. The van der Waals surface area contributed by atoms with Crippen molar-refractivity contribution < 1.29 is 13.9 Å². The fraction of sp³-hybridized carbons (Fsp3) is 0.462. The third-order valence-corrected chi connectivity index (χ3v) is 2.91. The van der Waals surface area contributed by atoms with Crippen LogP contribution in [0.5, 0.6) is 5.75 Å². The summed E-state index contributed by atoms with van der Waals surface area (Å²) in [5, 5.41) is 3.17. The van der Waals surface area contributed by atoms with Crippen molar-refractivity contribution in [3.8, 4) is 5.75 Å². The quantitative estimate of drug-likeness (QED) is 0.870. The van der Waals surface area contributed by atoms with Gasteiger partial charge in [0.15, 0.2) is 18.2 Å². The Morgan fingerprint density at radius 3 is 2.89 bits per heavy atom. The molecule has 0 spiro atoms. The molecule has 4 nitrogen and oxygen atoms in total. The Bertz CT molecular complexity index is 431. The Balaban J connectivity index is 1.90. The van der Waals surface area contributed by atoms with Crippen molar-refractivity contribution in [2.75, 3.05) is 32.8 Å². The van der Waals surface area contributed by atoms with E-state index in [0.717, 1.165) is 18.7 Å². The second-order valence-corrected chi connectivity index (χ2v) is 4.35. The monoisotopic (exact) mass is 252 g/mol. The number of ether oxygens (including phenoxy) is 1. The lowest BCUT2D eigenvalue weighted by molar-refractivity contribution is -0.133. The minimum absolute atomic E-state index is 0.0996. The summed E-state index contributed by atoms with van der Waals surface area (Å²) in [6.07, 6.45) is 0. The number of carbonyl (C=O) groups excluding carboxylic acids is 1. The van der Waals surface area contributed by atoms with Gasteiger partial charge in [-0.1, -0.05) is 6.07 Å². The largest absolute Gasteiger partial charge is 0.481 e. The molecule has 0 unspecified atom stereocenters. The number of aryl methyl sites for hydroxylation is 1. The third kappa shape index (κ3) is 3.20. The number of amides is 1. The Morgan fingerprint density at radius 2 is 2.17 bits per heavy atom. The van der Waals surface area contributed by atoms with E-state index in [1.165, 1.54) is 6.07 Å². The van der Waals surface area contributed by atoms with Gasteiger partial charge in [0.2, 0.25) is 0 Å². The lowest BCUT2D eigenvalue weighted by Crippen LogP contribution is -2.47. The number of hydrogen-bond acceptors (Lipinski definition) is 3. The molecule has 1 aromatic rings. The molecule has 1 fully saturated rings. The van der Waals surface area contributed by atoms with Crippen molar-refractivity contribution in [2.24, 2.45) is 0 Å². The molecule has 5 heteroatoms. The third-order valence-electron chi connectivity index (χ3n) is 2.91. The van der Waals surface area contributed by atoms with Crippen molar-refractivity contribution in [3.05, 3.63) is 29.6 Å². The van der Waals surface area contributed by atoms with Crippen LogP contribution in [-0.4, -0.2) is 43.6 Å². The molecule has 1 aliphatic heterocycles. The van der Waals surface area contributed by atoms with E-state index in [1.54, 1.807) is 17.0 Å². The minimum atomic E-state index is -0.436. The smallest absolute Gasteiger partial charge is 0.260 e. The fourth-order valence-electron chi connectivity index (χ4n) is 1.87. The van der Waals surface area contributed by atoms with Crippen LogP contribution in [0.25, 0.3) is 0 Å². The van der Waals surface area contributed by atoms with Gasteiger partial charge in [0.25, 0.3) is 5.91 Å². The molecule has 1 N–H and O–H groups in total. The van der Waals surface area contributed by atoms with Crippen LogP contribution in [0.15, 0.2) is 18.2 Å². The summed E-state index contributed by atoms with van der Waals surface area (Å²) in [6.45, 7) is 4.69. The molecule has 0 aromatic heterocycles. The summed E-state index contributed by atoms with van der Waals surface area (Å²) in [7, 11) is 0. The maximum absolute atomic E-state index is 13.4. The van der Waals surface area contributed by atoms with Crippen LogP contribution in [0.3, 0.4) is 0 Å². The van der Waals surface area contributed by atoms with E-state index in [4.69, 9.17) is 4.74 Å². The number of hydrogen-bond donors (Lipinski definition) is 1. The number of nitrogens with one attached hydrogen (secondary N) is 1. The maximum Gasteiger partial charge on any atom is 0.260 e. The highest BCUT2D eigenvalue weighted by molar-refractivity contribution is 5.77. The lowest BCUT2D eigenvalue weighted by atomic mass is 10.2. The summed E-state index contributed by atoms with van der Waals surface area (Å²) in [5.74, 6) is -0.399. The van der Waals surface area contributed by atoms with Gasteiger partial charge in [-0.3, -0.25) is 4.79 Å². The predicted molar refractivity (Wildman–Crippen MR) is 66.1 cm³/mol. The van der Waals surface area contributed by atoms with E-state index in [1.807, 2.05) is 6.92 Å². The summed E-state index contributed by atoms with van der Waals surface area (Å²) in [5.41, 5.74) is 0.904. The van der Waals surface area contributed by atoms with Gasteiger partial charge >= 0.3 is 0 Å². The lowest BCUT2D eigenvalue weighted by Gasteiger charge is -2.27. The van der Waals surface area contributed by atoms with Crippen LogP contribution in [0.1, 0.15) is 5.56 Å². The van der Waals surface area contributed by atoms with E-state index in [0.29, 0.717) is 13.1 Å². The van der Waals surface area contributed by atoms with Gasteiger partial charge in [0.1, 0.15) is 0 Å². The average Bonchev–Trinajstić information content (AvgIpc) is 2.40. The van der Waals surface area contributed by atoms with Crippen molar-refractivity contribution in [1.82, 2.24) is 10.2 Å². The van der Waals surface area contributed by atoms with Crippen LogP contribution >= 0.6 is 0 Å². The van der Waals surface area contributed by atoms with Crippen molar-refractivity contribution in [2.45, 2.75) is 6.92 Å². The highest BCUT2D eigenvalue weighted by Crippen LogP contribution is 2.18. The molecule has 0 bridgehead atoms. The first-order valence-corrected chi connectivity index (χ1v) is 6.04. The summed E-state index contributed by atoms with van der Waals surface area (Å²) in [4.78, 5) is 13.5. The highest BCUT2D eigenvalue weighted by Gasteiger charge is 2.17. The van der Waals surface area contributed by atoms with Gasteiger partial charge in [-0.15, -0.1) is 0 Å². The molecule has 98 valence electrons. The van der Waals surface area contributed by atoms with Gasteiger partial charge in [-0.2, -0.15) is 0 Å². The Labute approximate surface area is 106 Å². The number of carbonyl (C=O) groups is 1. The molecule has 1 amide bonds. The summed E-state index contributed by atoms with van der Waals surface area (Å²) >= 11 is 0. The number of nitrogens with zero attached hydrogens (tertiary/aromatic N) is 1. The first kappa shape index (κ1) is 12.8.